The average molecular weight is 324 g/mol. The van der Waals surface area contributed by atoms with E-state index < -0.39 is 0 Å². The smallest absolute Gasteiger partial charge is 0.123 e. The highest BCUT2D eigenvalue weighted by atomic mass is 79.9. The number of rotatable bonds is 5. The molecule has 0 aromatic heterocycles. The largest absolute Gasteiger partial charge is 0.492 e. The Hall–Kier alpha value is -1.55. The van der Waals surface area contributed by atoms with Gasteiger partial charge in [-0.2, -0.15) is 0 Å². The second kappa shape index (κ2) is 6.57. The van der Waals surface area contributed by atoms with Crippen molar-refractivity contribution in [2.45, 2.75) is 0 Å². The number of likely N-dealkylation sites (N-methyl/N-ethyl adjacent to an activating group) is 1. The average Bonchev–Trinajstić information content (AvgIpc) is 2.39. The van der Waals surface area contributed by atoms with Crippen LogP contribution in [0.15, 0.2) is 53.0 Å². The van der Waals surface area contributed by atoms with Gasteiger partial charge in [0.15, 0.2) is 0 Å². The van der Waals surface area contributed by atoms with Crippen LogP contribution >= 0.6 is 15.9 Å². The van der Waals surface area contributed by atoms with Crippen molar-refractivity contribution < 1.29 is 9.13 Å². The first kappa shape index (κ1) is 13.9. The molecule has 0 radical (unpaired) electrons. The van der Waals surface area contributed by atoms with E-state index in [2.05, 4.69) is 15.9 Å². The van der Waals surface area contributed by atoms with E-state index in [-0.39, 0.29) is 5.82 Å². The third-order valence-electron chi connectivity index (χ3n) is 2.76. The van der Waals surface area contributed by atoms with E-state index in [0.717, 1.165) is 22.5 Å². The molecule has 0 fully saturated rings. The van der Waals surface area contributed by atoms with E-state index >= 15 is 0 Å². The molecule has 0 heterocycles. The molecular formula is C15H15BrFNO. The number of ether oxygens (including phenoxy) is 1. The summed E-state index contributed by atoms with van der Waals surface area (Å²) in [7, 11) is 1.96. The van der Waals surface area contributed by atoms with Gasteiger partial charge >= 0.3 is 0 Å². The summed E-state index contributed by atoms with van der Waals surface area (Å²) in [6, 6.07) is 14.2. The van der Waals surface area contributed by atoms with Crippen LogP contribution in [0.5, 0.6) is 5.75 Å². The zero-order chi connectivity index (χ0) is 13.7. The molecule has 0 amide bonds. The zero-order valence-electron chi connectivity index (χ0n) is 10.6. The quantitative estimate of drug-likeness (QED) is 0.821. The van der Waals surface area contributed by atoms with Crippen LogP contribution in [0.25, 0.3) is 0 Å². The number of hydrogen-bond acceptors (Lipinski definition) is 2. The lowest BCUT2D eigenvalue weighted by Crippen LogP contribution is -2.23. The van der Waals surface area contributed by atoms with E-state index in [4.69, 9.17) is 4.74 Å². The molecular weight excluding hydrogens is 309 g/mol. The Balaban J connectivity index is 1.84. The van der Waals surface area contributed by atoms with Crippen LogP contribution in [0.2, 0.25) is 0 Å². The van der Waals surface area contributed by atoms with Gasteiger partial charge in [-0.3, -0.25) is 0 Å². The highest BCUT2D eigenvalue weighted by molar-refractivity contribution is 9.10. The minimum absolute atomic E-state index is 0.220. The third-order valence-corrected chi connectivity index (χ3v) is 3.25. The molecule has 2 nitrogen and oxygen atoms in total. The Bertz CT molecular complexity index is 530. The molecule has 0 saturated carbocycles. The second-order valence-electron chi connectivity index (χ2n) is 4.20. The Morgan fingerprint density at radius 1 is 1.16 bits per heavy atom. The van der Waals surface area contributed by atoms with E-state index in [1.807, 2.05) is 36.2 Å². The van der Waals surface area contributed by atoms with Gasteiger partial charge in [-0.05, 0) is 42.5 Å². The van der Waals surface area contributed by atoms with Crippen LogP contribution in [0, 0.1) is 5.82 Å². The zero-order valence-corrected chi connectivity index (χ0v) is 12.2. The minimum atomic E-state index is -0.220. The third kappa shape index (κ3) is 4.24. The van der Waals surface area contributed by atoms with Crippen molar-refractivity contribution in [2.24, 2.45) is 0 Å². The minimum Gasteiger partial charge on any atom is -0.492 e. The maximum Gasteiger partial charge on any atom is 0.123 e. The molecule has 2 rings (SSSR count). The molecule has 0 bridgehead atoms. The Kier molecular flexibility index (Phi) is 4.80. The molecule has 0 spiro atoms. The van der Waals surface area contributed by atoms with Gasteiger partial charge in [-0.1, -0.05) is 22.0 Å². The summed E-state index contributed by atoms with van der Waals surface area (Å²) < 4.78 is 19.5. The van der Waals surface area contributed by atoms with Gasteiger partial charge in [0.25, 0.3) is 0 Å². The fraction of sp³-hybridized carbons (Fsp3) is 0.200. The fourth-order valence-corrected chi connectivity index (χ4v) is 2.06. The predicted molar refractivity (Wildman–Crippen MR) is 79.3 cm³/mol. The number of hydrogen-bond donors (Lipinski definition) is 0. The van der Waals surface area contributed by atoms with Crippen LogP contribution in [0.1, 0.15) is 0 Å². The van der Waals surface area contributed by atoms with Crippen LogP contribution in [0.4, 0.5) is 10.1 Å². The first-order chi connectivity index (χ1) is 9.15. The summed E-state index contributed by atoms with van der Waals surface area (Å²) >= 11 is 3.40. The van der Waals surface area contributed by atoms with Gasteiger partial charge in [-0.25, -0.2) is 4.39 Å². The first-order valence-electron chi connectivity index (χ1n) is 6.00. The van der Waals surface area contributed by atoms with Gasteiger partial charge in [0.1, 0.15) is 18.2 Å². The maximum atomic E-state index is 12.8. The van der Waals surface area contributed by atoms with Crippen molar-refractivity contribution in [3.63, 3.8) is 0 Å². The van der Waals surface area contributed by atoms with Crippen LogP contribution < -0.4 is 9.64 Å². The molecule has 0 aliphatic rings. The van der Waals surface area contributed by atoms with Gasteiger partial charge in [-0.15, -0.1) is 0 Å². The second-order valence-corrected chi connectivity index (χ2v) is 5.12. The molecule has 19 heavy (non-hydrogen) atoms. The highest BCUT2D eigenvalue weighted by Crippen LogP contribution is 2.18. The molecule has 0 unspecified atom stereocenters. The van der Waals surface area contributed by atoms with Gasteiger partial charge in [0.2, 0.25) is 0 Å². The maximum absolute atomic E-state index is 12.8. The Morgan fingerprint density at radius 2 is 1.89 bits per heavy atom. The summed E-state index contributed by atoms with van der Waals surface area (Å²) in [5, 5.41) is 0. The molecule has 0 atom stereocenters. The number of halogens is 2. The van der Waals surface area contributed by atoms with Crippen molar-refractivity contribution >= 4 is 21.6 Å². The Morgan fingerprint density at radius 3 is 2.58 bits per heavy atom. The van der Waals surface area contributed by atoms with Crippen molar-refractivity contribution in [1.82, 2.24) is 0 Å². The van der Waals surface area contributed by atoms with E-state index in [1.165, 1.54) is 12.1 Å². The molecule has 0 aliphatic heterocycles. The number of benzene rings is 2. The van der Waals surface area contributed by atoms with Crippen molar-refractivity contribution in [1.29, 1.82) is 0 Å². The Labute approximate surface area is 120 Å². The highest BCUT2D eigenvalue weighted by Gasteiger charge is 2.01. The van der Waals surface area contributed by atoms with Crippen molar-refractivity contribution in [3.8, 4) is 5.75 Å². The predicted octanol–water partition coefficient (Wildman–Crippen LogP) is 4.10. The van der Waals surface area contributed by atoms with E-state index in [1.54, 1.807) is 12.1 Å². The monoisotopic (exact) mass is 323 g/mol. The van der Waals surface area contributed by atoms with Gasteiger partial charge < -0.3 is 9.64 Å². The summed E-state index contributed by atoms with van der Waals surface area (Å²) in [5.41, 5.74) is 0.972. The fourth-order valence-electron chi connectivity index (χ4n) is 1.68. The summed E-state index contributed by atoms with van der Waals surface area (Å²) in [6.07, 6.45) is 0. The lowest BCUT2D eigenvalue weighted by Gasteiger charge is -2.19. The molecule has 2 aromatic rings. The normalized spacial score (nSPS) is 10.3. The van der Waals surface area contributed by atoms with Crippen LogP contribution in [-0.2, 0) is 0 Å². The molecule has 100 valence electrons. The molecule has 4 heteroatoms. The number of nitrogens with zero attached hydrogens (tertiary/aromatic N) is 1. The van der Waals surface area contributed by atoms with Crippen LogP contribution in [0.3, 0.4) is 0 Å². The first-order valence-corrected chi connectivity index (χ1v) is 6.79. The molecule has 0 saturated heterocycles. The van der Waals surface area contributed by atoms with Crippen LogP contribution in [-0.4, -0.2) is 20.2 Å². The van der Waals surface area contributed by atoms with Crippen molar-refractivity contribution in [2.75, 3.05) is 25.1 Å². The molecule has 2 aromatic carbocycles. The molecule has 0 aliphatic carbocycles. The van der Waals surface area contributed by atoms with E-state index in [0.29, 0.717) is 6.61 Å². The SMILES string of the molecule is CN(CCOc1cccc(Br)c1)c1ccc(F)cc1. The molecule has 0 N–H and O–H groups in total. The standard InChI is InChI=1S/C15H15BrFNO/c1-18(14-7-5-13(17)6-8-14)9-10-19-15-4-2-3-12(16)11-15/h2-8,11H,9-10H2,1H3. The topological polar surface area (TPSA) is 12.5 Å². The van der Waals surface area contributed by atoms with Crippen molar-refractivity contribution in [3.05, 3.63) is 58.8 Å². The summed E-state index contributed by atoms with van der Waals surface area (Å²) in [6.45, 7) is 1.31. The number of anilines is 1. The summed E-state index contributed by atoms with van der Waals surface area (Å²) in [4.78, 5) is 2.03. The van der Waals surface area contributed by atoms with E-state index in [9.17, 15) is 4.39 Å². The lowest BCUT2D eigenvalue weighted by atomic mass is 10.3. The van der Waals surface area contributed by atoms with Gasteiger partial charge in [0.05, 0.1) is 6.54 Å². The van der Waals surface area contributed by atoms with Gasteiger partial charge in [0, 0.05) is 17.2 Å². The summed E-state index contributed by atoms with van der Waals surface area (Å²) in [5.74, 6) is 0.615. The lowest BCUT2D eigenvalue weighted by molar-refractivity contribution is 0.326.